The Balaban J connectivity index is 1.61. The molecule has 8 heteroatoms. The number of halogens is 1. The van der Waals surface area contributed by atoms with Gasteiger partial charge in [0, 0.05) is 37.0 Å². The van der Waals surface area contributed by atoms with Gasteiger partial charge in [-0.25, -0.2) is 9.97 Å². The van der Waals surface area contributed by atoms with Crippen molar-refractivity contribution in [3.8, 4) is 5.75 Å². The number of benzene rings is 1. The Hall–Kier alpha value is -3.19. The molecule has 0 bridgehead atoms. The molecule has 7 nitrogen and oxygen atoms in total. The second-order valence-electron chi connectivity index (χ2n) is 5.31. The highest BCUT2D eigenvalue weighted by atomic mass is 35.5. The average molecular weight is 370 g/mol. The van der Waals surface area contributed by atoms with Crippen molar-refractivity contribution in [2.24, 2.45) is 0 Å². The zero-order valence-corrected chi connectivity index (χ0v) is 14.7. The third-order valence-corrected chi connectivity index (χ3v) is 3.79. The molecule has 0 unspecified atom stereocenters. The van der Waals surface area contributed by atoms with E-state index in [0.29, 0.717) is 34.5 Å². The van der Waals surface area contributed by atoms with Gasteiger partial charge in [0.2, 0.25) is 5.95 Å². The third kappa shape index (κ3) is 4.46. The minimum absolute atomic E-state index is 0.257. The molecule has 0 saturated carbocycles. The van der Waals surface area contributed by atoms with Crippen LogP contribution in [-0.4, -0.2) is 28.0 Å². The van der Waals surface area contributed by atoms with Gasteiger partial charge in [-0.2, -0.15) is 0 Å². The Morgan fingerprint density at radius 1 is 1.19 bits per heavy atom. The van der Waals surface area contributed by atoms with Gasteiger partial charge in [0.05, 0.1) is 17.7 Å². The van der Waals surface area contributed by atoms with Crippen molar-refractivity contribution in [2.45, 2.75) is 6.54 Å². The van der Waals surface area contributed by atoms with Gasteiger partial charge in [-0.3, -0.25) is 9.78 Å². The molecule has 3 aromatic rings. The molecular formula is C18H16ClN5O2. The minimum atomic E-state index is -0.257. The van der Waals surface area contributed by atoms with Crippen LogP contribution >= 0.6 is 11.6 Å². The van der Waals surface area contributed by atoms with Crippen LogP contribution in [-0.2, 0) is 6.54 Å². The number of nitrogens with zero attached hydrogens (tertiary/aromatic N) is 3. The quantitative estimate of drug-likeness (QED) is 0.693. The molecule has 0 aliphatic heterocycles. The Kier molecular flexibility index (Phi) is 5.60. The van der Waals surface area contributed by atoms with Gasteiger partial charge in [0.1, 0.15) is 5.75 Å². The van der Waals surface area contributed by atoms with Gasteiger partial charge < -0.3 is 15.4 Å². The molecule has 2 N–H and O–H groups in total. The summed E-state index contributed by atoms with van der Waals surface area (Å²) >= 11 is 6.08. The van der Waals surface area contributed by atoms with Crippen LogP contribution in [0.4, 0.5) is 11.6 Å². The molecule has 0 atom stereocenters. The van der Waals surface area contributed by atoms with Crippen LogP contribution in [0, 0.1) is 0 Å². The lowest BCUT2D eigenvalue weighted by Crippen LogP contribution is -2.23. The van der Waals surface area contributed by atoms with Gasteiger partial charge in [0.25, 0.3) is 5.91 Å². The van der Waals surface area contributed by atoms with Crippen molar-refractivity contribution < 1.29 is 9.53 Å². The Morgan fingerprint density at radius 2 is 2.00 bits per heavy atom. The second kappa shape index (κ2) is 8.26. The van der Waals surface area contributed by atoms with E-state index in [2.05, 4.69) is 25.6 Å². The van der Waals surface area contributed by atoms with Gasteiger partial charge in [-0.1, -0.05) is 17.7 Å². The summed E-state index contributed by atoms with van der Waals surface area (Å²) in [6.07, 6.45) is 6.29. The molecule has 132 valence electrons. The van der Waals surface area contributed by atoms with E-state index in [4.69, 9.17) is 16.3 Å². The monoisotopic (exact) mass is 369 g/mol. The SMILES string of the molecule is COc1ccc(Nc2ncc(C(=O)NCc3cccnc3)cn2)cc1Cl. The van der Waals surface area contributed by atoms with E-state index >= 15 is 0 Å². The van der Waals surface area contributed by atoms with E-state index < -0.39 is 0 Å². The van der Waals surface area contributed by atoms with Crippen molar-refractivity contribution in [3.05, 3.63) is 71.3 Å². The molecule has 0 saturated heterocycles. The maximum Gasteiger partial charge on any atom is 0.254 e. The number of aromatic nitrogens is 3. The molecule has 26 heavy (non-hydrogen) atoms. The van der Waals surface area contributed by atoms with Gasteiger partial charge in [-0.15, -0.1) is 0 Å². The van der Waals surface area contributed by atoms with Crippen LogP contribution in [0.2, 0.25) is 5.02 Å². The normalized spacial score (nSPS) is 10.2. The molecule has 1 aromatic carbocycles. The summed E-state index contributed by atoms with van der Waals surface area (Å²) in [4.78, 5) is 24.4. The highest BCUT2D eigenvalue weighted by molar-refractivity contribution is 6.32. The number of amides is 1. The number of ether oxygens (including phenoxy) is 1. The predicted octanol–water partition coefficient (Wildman–Crippen LogP) is 3.21. The van der Waals surface area contributed by atoms with Gasteiger partial charge in [0.15, 0.2) is 0 Å². The molecule has 0 aliphatic rings. The lowest BCUT2D eigenvalue weighted by molar-refractivity contribution is 0.0950. The number of nitrogens with one attached hydrogen (secondary N) is 2. The molecule has 0 fully saturated rings. The summed E-state index contributed by atoms with van der Waals surface area (Å²) in [6, 6.07) is 8.94. The lowest BCUT2D eigenvalue weighted by Gasteiger charge is -2.08. The van der Waals surface area contributed by atoms with Crippen LogP contribution in [0.1, 0.15) is 15.9 Å². The minimum Gasteiger partial charge on any atom is -0.495 e. The Labute approximate surface area is 155 Å². The summed E-state index contributed by atoms with van der Waals surface area (Å²) in [5.74, 6) is 0.682. The smallest absolute Gasteiger partial charge is 0.254 e. The predicted molar refractivity (Wildman–Crippen MR) is 98.7 cm³/mol. The number of pyridine rings is 1. The van der Waals surface area contributed by atoms with Crippen molar-refractivity contribution in [2.75, 3.05) is 12.4 Å². The van der Waals surface area contributed by atoms with E-state index in [1.165, 1.54) is 12.4 Å². The fourth-order valence-electron chi connectivity index (χ4n) is 2.17. The highest BCUT2D eigenvalue weighted by Gasteiger charge is 2.08. The second-order valence-corrected chi connectivity index (χ2v) is 5.72. The molecule has 1 amide bonds. The molecule has 0 radical (unpaired) electrons. The molecule has 0 aliphatic carbocycles. The van der Waals surface area contributed by atoms with Crippen LogP contribution < -0.4 is 15.4 Å². The summed E-state index contributed by atoms with van der Waals surface area (Å²) < 4.78 is 5.11. The number of anilines is 2. The molecule has 2 aromatic heterocycles. The number of hydrogen-bond acceptors (Lipinski definition) is 6. The zero-order chi connectivity index (χ0) is 18.4. The summed E-state index contributed by atoms with van der Waals surface area (Å²) in [7, 11) is 1.55. The van der Waals surface area contributed by atoms with Gasteiger partial charge >= 0.3 is 0 Å². The largest absolute Gasteiger partial charge is 0.495 e. The van der Waals surface area contributed by atoms with Crippen LogP contribution in [0.5, 0.6) is 5.75 Å². The van der Waals surface area contributed by atoms with E-state index in [1.54, 1.807) is 37.7 Å². The first kappa shape index (κ1) is 17.6. The Morgan fingerprint density at radius 3 is 2.65 bits per heavy atom. The van der Waals surface area contributed by atoms with E-state index in [0.717, 1.165) is 5.56 Å². The first-order valence-electron chi connectivity index (χ1n) is 7.75. The average Bonchev–Trinajstić information content (AvgIpc) is 2.68. The van der Waals surface area contributed by atoms with Crippen molar-refractivity contribution in [1.29, 1.82) is 0 Å². The summed E-state index contributed by atoms with van der Waals surface area (Å²) in [6.45, 7) is 0.386. The molecule has 3 rings (SSSR count). The number of carbonyl (C=O) groups excluding carboxylic acids is 1. The maximum absolute atomic E-state index is 12.1. The fourth-order valence-corrected chi connectivity index (χ4v) is 2.43. The third-order valence-electron chi connectivity index (χ3n) is 3.50. The number of carbonyl (C=O) groups is 1. The van der Waals surface area contributed by atoms with Crippen LogP contribution in [0.3, 0.4) is 0 Å². The zero-order valence-electron chi connectivity index (χ0n) is 13.9. The topological polar surface area (TPSA) is 89.0 Å². The first-order valence-corrected chi connectivity index (χ1v) is 8.13. The first-order chi connectivity index (χ1) is 12.7. The molecule has 0 spiro atoms. The summed E-state index contributed by atoms with van der Waals surface area (Å²) in [5.41, 5.74) is 1.99. The Bertz CT molecular complexity index is 888. The fraction of sp³-hybridized carbons (Fsp3) is 0.111. The van der Waals surface area contributed by atoms with Crippen LogP contribution in [0.25, 0.3) is 0 Å². The maximum atomic E-state index is 12.1. The number of rotatable bonds is 6. The van der Waals surface area contributed by atoms with Crippen LogP contribution in [0.15, 0.2) is 55.1 Å². The van der Waals surface area contributed by atoms with Crippen molar-refractivity contribution >= 4 is 29.1 Å². The van der Waals surface area contributed by atoms with Gasteiger partial charge in [-0.05, 0) is 29.8 Å². The van der Waals surface area contributed by atoms with Crippen molar-refractivity contribution in [1.82, 2.24) is 20.3 Å². The number of methoxy groups -OCH3 is 1. The molecule has 2 heterocycles. The van der Waals surface area contributed by atoms with E-state index in [1.807, 2.05) is 12.1 Å². The standard InChI is InChI=1S/C18H16ClN5O2/c1-26-16-5-4-14(7-15(16)19)24-18-22-10-13(11-23-18)17(25)21-9-12-3-2-6-20-8-12/h2-8,10-11H,9H2,1H3,(H,21,25)(H,22,23,24). The van der Waals surface area contributed by atoms with Crippen molar-refractivity contribution in [3.63, 3.8) is 0 Å². The summed E-state index contributed by atoms with van der Waals surface area (Å²) in [5, 5.41) is 6.29. The number of hydrogen-bond donors (Lipinski definition) is 2. The van der Waals surface area contributed by atoms with E-state index in [-0.39, 0.29) is 5.91 Å². The highest BCUT2D eigenvalue weighted by Crippen LogP contribution is 2.28. The molecular weight excluding hydrogens is 354 g/mol. The lowest BCUT2D eigenvalue weighted by atomic mass is 10.2. The van der Waals surface area contributed by atoms with E-state index in [9.17, 15) is 4.79 Å².